The molecule has 2 rings (SSSR count). The third-order valence-corrected chi connectivity index (χ3v) is 3.37. The molecule has 0 bridgehead atoms. The van der Waals surface area contributed by atoms with Gasteiger partial charge in [0.15, 0.2) is 5.13 Å². The standard InChI is InChI=1S/C8H14N4S/c1-5(2-9)12-3-6-7(4-12)13-8(10)11-6/h5H,2-4,9H2,1H3,(H2,10,11). The molecule has 4 N–H and O–H groups in total. The first-order valence-electron chi connectivity index (χ1n) is 4.39. The molecule has 4 nitrogen and oxygen atoms in total. The molecule has 0 aliphatic carbocycles. The Kier molecular flexibility index (Phi) is 2.23. The van der Waals surface area contributed by atoms with Crippen LogP contribution in [-0.4, -0.2) is 22.5 Å². The van der Waals surface area contributed by atoms with Gasteiger partial charge < -0.3 is 11.5 Å². The molecular weight excluding hydrogens is 184 g/mol. The summed E-state index contributed by atoms with van der Waals surface area (Å²) in [6.07, 6.45) is 0. The van der Waals surface area contributed by atoms with Crippen LogP contribution in [0.4, 0.5) is 5.13 Å². The Bertz CT molecular complexity index is 286. The maximum Gasteiger partial charge on any atom is 0.180 e. The molecule has 1 aromatic rings. The number of aromatic nitrogens is 1. The van der Waals surface area contributed by atoms with E-state index in [-0.39, 0.29) is 0 Å². The SMILES string of the molecule is CC(CN)N1Cc2nc(N)sc2C1. The van der Waals surface area contributed by atoms with Crippen molar-refractivity contribution in [3.05, 3.63) is 10.6 Å². The highest BCUT2D eigenvalue weighted by atomic mass is 32.1. The van der Waals surface area contributed by atoms with Crippen LogP contribution in [0.15, 0.2) is 0 Å². The molecule has 1 atom stereocenters. The lowest BCUT2D eigenvalue weighted by molar-refractivity contribution is 0.217. The van der Waals surface area contributed by atoms with Gasteiger partial charge in [-0.15, -0.1) is 11.3 Å². The molecule has 0 radical (unpaired) electrons. The van der Waals surface area contributed by atoms with Crippen LogP contribution in [-0.2, 0) is 13.1 Å². The predicted octanol–water partition coefficient (Wildman–Crippen LogP) is 0.388. The molecule has 0 spiro atoms. The van der Waals surface area contributed by atoms with Crippen molar-refractivity contribution < 1.29 is 0 Å². The van der Waals surface area contributed by atoms with Crippen molar-refractivity contribution in [3.8, 4) is 0 Å². The second-order valence-electron chi connectivity index (χ2n) is 3.41. The van der Waals surface area contributed by atoms with Gasteiger partial charge in [0.1, 0.15) is 0 Å². The molecule has 0 saturated carbocycles. The normalized spacial score (nSPS) is 18.9. The van der Waals surface area contributed by atoms with Gasteiger partial charge in [0, 0.05) is 30.6 Å². The van der Waals surface area contributed by atoms with Gasteiger partial charge in [-0.2, -0.15) is 0 Å². The van der Waals surface area contributed by atoms with E-state index >= 15 is 0 Å². The largest absolute Gasteiger partial charge is 0.375 e. The van der Waals surface area contributed by atoms with Gasteiger partial charge in [0.05, 0.1) is 5.69 Å². The van der Waals surface area contributed by atoms with Gasteiger partial charge in [0.25, 0.3) is 0 Å². The molecule has 5 heteroatoms. The lowest BCUT2D eigenvalue weighted by atomic mass is 10.3. The quantitative estimate of drug-likeness (QED) is 0.721. The fourth-order valence-corrected chi connectivity index (χ4v) is 2.41. The van der Waals surface area contributed by atoms with Crippen molar-refractivity contribution in [2.75, 3.05) is 12.3 Å². The Morgan fingerprint density at radius 1 is 1.62 bits per heavy atom. The van der Waals surface area contributed by atoms with Gasteiger partial charge in [-0.3, -0.25) is 4.90 Å². The molecule has 72 valence electrons. The van der Waals surface area contributed by atoms with Crippen LogP contribution in [0.3, 0.4) is 0 Å². The molecule has 0 amide bonds. The lowest BCUT2D eigenvalue weighted by Gasteiger charge is -2.21. The summed E-state index contributed by atoms with van der Waals surface area (Å²) in [6.45, 7) is 4.70. The summed E-state index contributed by atoms with van der Waals surface area (Å²) in [4.78, 5) is 7.90. The second kappa shape index (κ2) is 3.25. The molecule has 1 aromatic heterocycles. The van der Waals surface area contributed by atoms with Gasteiger partial charge in [-0.25, -0.2) is 4.98 Å². The fourth-order valence-electron chi connectivity index (χ4n) is 1.54. The number of thiazole rings is 1. The Morgan fingerprint density at radius 3 is 3.00 bits per heavy atom. The first-order chi connectivity index (χ1) is 6.20. The summed E-state index contributed by atoms with van der Waals surface area (Å²) in [6, 6.07) is 0.433. The third-order valence-electron chi connectivity index (χ3n) is 2.46. The highest BCUT2D eigenvalue weighted by Crippen LogP contribution is 2.30. The van der Waals surface area contributed by atoms with Gasteiger partial charge in [-0.05, 0) is 6.92 Å². The van der Waals surface area contributed by atoms with E-state index in [1.165, 1.54) is 4.88 Å². The number of hydrogen-bond donors (Lipinski definition) is 2. The van der Waals surface area contributed by atoms with Crippen LogP contribution in [0.1, 0.15) is 17.5 Å². The van der Waals surface area contributed by atoms with Crippen LogP contribution >= 0.6 is 11.3 Å². The number of nitrogens with two attached hydrogens (primary N) is 2. The molecule has 2 heterocycles. The van der Waals surface area contributed by atoms with Crippen LogP contribution in [0.5, 0.6) is 0 Å². The second-order valence-corrected chi connectivity index (χ2v) is 4.53. The van der Waals surface area contributed by atoms with E-state index in [0.29, 0.717) is 17.7 Å². The summed E-state index contributed by atoms with van der Waals surface area (Å²) in [5.74, 6) is 0. The minimum absolute atomic E-state index is 0.433. The summed E-state index contributed by atoms with van der Waals surface area (Å²) in [5.41, 5.74) is 12.4. The maximum absolute atomic E-state index is 5.61. The number of nitrogen functional groups attached to an aromatic ring is 1. The average Bonchev–Trinajstić information content (AvgIpc) is 2.59. The number of anilines is 1. The zero-order valence-electron chi connectivity index (χ0n) is 7.66. The number of hydrogen-bond acceptors (Lipinski definition) is 5. The molecule has 1 aliphatic rings. The smallest absolute Gasteiger partial charge is 0.180 e. The van der Waals surface area contributed by atoms with Gasteiger partial charge >= 0.3 is 0 Å². The van der Waals surface area contributed by atoms with Crippen molar-refractivity contribution in [3.63, 3.8) is 0 Å². The summed E-state index contributed by atoms with van der Waals surface area (Å²) in [5, 5.41) is 0.685. The van der Waals surface area contributed by atoms with E-state index < -0.39 is 0 Å². The van der Waals surface area contributed by atoms with Crippen molar-refractivity contribution in [2.24, 2.45) is 5.73 Å². The monoisotopic (exact) mass is 198 g/mol. The predicted molar refractivity (Wildman–Crippen MR) is 54.3 cm³/mol. The lowest BCUT2D eigenvalue weighted by Crippen LogP contribution is -2.34. The Balaban J connectivity index is 2.10. The van der Waals surface area contributed by atoms with E-state index in [4.69, 9.17) is 11.5 Å². The summed E-state index contributed by atoms with van der Waals surface area (Å²) < 4.78 is 0. The average molecular weight is 198 g/mol. The fraction of sp³-hybridized carbons (Fsp3) is 0.625. The molecule has 0 saturated heterocycles. The van der Waals surface area contributed by atoms with Crippen molar-refractivity contribution in [2.45, 2.75) is 26.1 Å². The first kappa shape index (κ1) is 8.93. The zero-order valence-corrected chi connectivity index (χ0v) is 8.47. The third kappa shape index (κ3) is 1.54. The van der Waals surface area contributed by atoms with Crippen LogP contribution in [0.2, 0.25) is 0 Å². The molecule has 1 aliphatic heterocycles. The van der Waals surface area contributed by atoms with Crippen LogP contribution < -0.4 is 11.5 Å². The molecule has 0 aromatic carbocycles. The highest BCUT2D eigenvalue weighted by Gasteiger charge is 2.25. The molecule has 13 heavy (non-hydrogen) atoms. The summed E-state index contributed by atoms with van der Waals surface area (Å²) in [7, 11) is 0. The Morgan fingerprint density at radius 2 is 2.38 bits per heavy atom. The Labute approximate surface area is 81.5 Å². The van der Waals surface area contributed by atoms with E-state index in [9.17, 15) is 0 Å². The molecular formula is C8H14N4S. The summed E-state index contributed by atoms with van der Waals surface area (Å²) >= 11 is 1.59. The van der Waals surface area contributed by atoms with Crippen LogP contribution in [0, 0.1) is 0 Å². The topological polar surface area (TPSA) is 68.2 Å². The van der Waals surface area contributed by atoms with Crippen molar-refractivity contribution in [1.29, 1.82) is 0 Å². The molecule has 0 fully saturated rings. The highest BCUT2D eigenvalue weighted by molar-refractivity contribution is 7.15. The number of fused-ring (bicyclic) bond motifs is 1. The van der Waals surface area contributed by atoms with Crippen molar-refractivity contribution in [1.82, 2.24) is 9.88 Å². The Hall–Kier alpha value is -0.650. The van der Waals surface area contributed by atoms with E-state index in [2.05, 4.69) is 16.8 Å². The maximum atomic E-state index is 5.61. The van der Waals surface area contributed by atoms with Crippen LogP contribution in [0.25, 0.3) is 0 Å². The minimum atomic E-state index is 0.433. The van der Waals surface area contributed by atoms with E-state index in [0.717, 1.165) is 18.8 Å². The van der Waals surface area contributed by atoms with E-state index in [1.807, 2.05) is 0 Å². The van der Waals surface area contributed by atoms with Crippen molar-refractivity contribution >= 4 is 16.5 Å². The minimum Gasteiger partial charge on any atom is -0.375 e. The number of nitrogens with zero attached hydrogens (tertiary/aromatic N) is 2. The molecule has 1 unspecified atom stereocenters. The van der Waals surface area contributed by atoms with Gasteiger partial charge in [0.2, 0.25) is 0 Å². The van der Waals surface area contributed by atoms with E-state index in [1.54, 1.807) is 11.3 Å². The van der Waals surface area contributed by atoms with Gasteiger partial charge in [-0.1, -0.05) is 0 Å². The number of rotatable bonds is 2. The first-order valence-corrected chi connectivity index (χ1v) is 5.20. The zero-order chi connectivity index (χ0) is 9.42.